The SMILES string of the molecule is Cc1cccc(C(=O)N[C@@H]2CC[C@H](C(=O)O)C2)c1C. The summed E-state index contributed by atoms with van der Waals surface area (Å²) in [6.07, 6.45) is 1.92. The van der Waals surface area contributed by atoms with Gasteiger partial charge in [-0.3, -0.25) is 9.59 Å². The second-order valence-electron chi connectivity index (χ2n) is 5.27. The molecule has 2 rings (SSSR count). The van der Waals surface area contributed by atoms with Crippen LogP contribution in [0.5, 0.6) is 0 Å². The van der Waals surface area contributed by atoms with Crippen molar-refractivity contribution in [2.75, 3.05) is 0 Å². The van der Waals surface area contributed by atoms with Crippen LogP contribution in [-0.4, -0.2) is 23.0 Å². The number of carboxylic acids is 1. The Hall–Kier alpha value is -1.84. The van der Waals surface area contributed by atoms with Gasteiger partial charge in [-0.1, -0.05) is 12.1 Å². The number of benzene rings is 1. The fraction of sp³-hybridized carbons (Fsp3) is 0.467. The highest BCUT2D eigenvalue weighted by molar-refractivity contribution is 5.96. The average molecular weight is 261 g/mol. The number of amides is 1. The lowest BCUT2D eigenvalue weighted by Gasteiger charge is -2.14. The van der Waals surface area contributed by atoms with E-state index >= 15 is 0 Å². The van der Waals surface area contributed by atoms with Crippen molar-refractivity contribution in [2.24, 2.45) is 5.92 Å². The molecule has 0 spiro atoms. The van der Waals surface area contributed by atoms with Gasteiger partial charge in [0.25, 0.3) is 5.91 Å². The highest BCUT2D eigenvalue weighted by atomic mass is 16.4. The van der Waals surface area contributed by atoms with Crippen molar-refractivity contribution in [1.82, 2.24) is 5.32 Å². The van der Waals surface area contributed by atoms with E-state index in [-0.39, 0.29) is 17.9 Å². The first kappa shape index (κ1) is 13.6. The van der Waals surface area contributed by atoms with Gasteiger partial charge in [0.05, 0.1) is 5.92 Å². The molecule has 1 aliphatic rings. The van der Waals surface area contributed by atoms with E-state index in [1.54, 1.807) is 6.07 Å². The van der Waals surface area contributed by atoms with E-state index in [1.165, 1.54) is 0 Å². The summed E-state index contributed by atoms with van der Waals surface area (Å²) >= 11 is 0. The second kappa shape index (κ2) is 5.43. The summed E-state index contributed by atoms with van der Waals surface area (Å²) < 4.78 is 0. The molecule has 102 valence electrons. The Morgan fingerprint density at radius 3 is 2.63 bits per heavy atom. The van der Waals surface area contributed by atoms with Gasteiger partial charge < -0.3 is 10.4 Å². The van der Waals surface area contributed by atoms with Crippen LogP contribution in [0, 0.1) is 19.8 Å². The summed E-state index contributed by atoms with van der Waals surface area (Å²) in [6.45, 7) is 3.90. The molecule has 2 atom stereocenters. The zero-order valence-electron chi connectivity index (χ0n) is 11.3. The quantitative estimate of drug-likeness (QED) is 0.877. The van der Waals surface area contributed by atoms with Crippen LogP contribution < -0.4 is 5.32 Å². The van der Waals surface area contributed by atoms with Gasteiger partial charge in [-0.2, -0.15) is 0 Å². The lowest BCUT2D eigenvalue weighted by Crippen LogP contribution is -2.33. The van der Waals surface area contributed by atoms with Gasteiger partial charge in [0.15, 0.2) is 0 Å². The average Bonchev–Trinajstić information content (AvgIpc) is 2.81. The Morgan fingerprint density at radius 2 is 2.00 bits per heavy atom. The van der Waals surface area contributed by atoms with Gasteiger partial charge in [-0.05, 0) is 50.3 Å². The van der Waals surface area contributed by atoms with Crippen molar-refractivity contribution in [3.63, 3.8) is 0 Å². The van der Waals surface area contributed by atoms with Crippen molar-refractivity contribution < 1.29 is 14.7 Å². The Labute approximate surface area is 112 Å². The van der Waals surface area contributed by atoms with Crippen molar-refractivity contribution in [3.05, 3.63) is 34.9 Å². The molecule has 4 heteroatoms. The molecular formula is C15H19NO3. The highest BCUT2D eigenvalue weighted by Crippen LogP contribution is 2.26. The van der Waals surface area contributed by atoms with Gasteiger partial charge in [0, 0.05) is 11.6 Å². The molecule has 0 radical (unpaired) electrons. The zero-order chi connectivity index (χ0) is 14.0. The Bertz CT molecular complexity index is 510. The predicted molar refractivity (Wildman–Crippen MR) is 72.1 cm³/mol. The molecule has 4 nitrogen and oxygen atoms in total. The van der Waals surface area contributed by atoms with Crippen molar-refractivity contribution in [2.45, 2.75) is 39.2 Å². The third-order valence-electron chi connectivity index (χ3n) is 3.97. The van der Waals surface area contributed by atoms with Crippen LogP contribution in [0.3, 0.4) is 0 Å². The minimum atomic E-state index is -0.761. The van der Waals surface area contributed by atoms with E-state index in [0.29, 0.717) is 18.4 Å². The number of carbonyl (C=O) groups excluding carboxylic acids is 1. The molecule has 0 unspecified atom stereocenters. The molecule has 1 aliphatic carbocycles. The summed E-state index contributed by atoms with van der Waals surface area (Å²) in [5.74, 6) is -1.18. The number of rotatable bonds is 3. The van der Waals surface area contributed by atoms with Crippen molar-refractivity contribution in [3.8, 4) is 0 Å². The van der Waals surface area contributed by atoms with Gasteiger partial charge in [-0.15, -0.1) is 0 Å². The molecular weight excluding hydrogens is 242 g/mol. The number of aliphatic carboxylic acids is 1. The molecule has 19 heavy (non-hydrogen) atoms. The Kier molecular flexibility index (Phi) is 3.88. The van der Waals surface area contributed by atoms with E-state index in [9.17, 15) is 9.59 Å². The maximum atomic E-state index is 12.2. The highest BCUT2D eigenvalue weighted by Gasteiger charge is 2.30. The molecule has 0 saturated heterocycles. The molecule has 1 aromatic carbocycles. The third kappa shape index (κ3) is 2.95. The fourth-order valence-corrected chi connectivity index (χ4v) is 2.60. The largest absolute Gasteiger partial charge is 0.481 e. The fourth-order valence-electron chi connectivity index (χ4n) is 2.60. The van der Waals surface area contributed by atoms with E-state index in [1.807, 2.05) is 26.0 Å². The van der Waals surface area contributed by atoms with Gasteiger partial charge >= 0.3 is 5.97 Å². The van der Waals surface area contributed by atoms with Crippen molar-refractivity contribution in [1.29, 1.82) is 0 Å². The second-order valence-corrected chi connectivity index (χ2v) is 5.27. The molecule has 0 aromatic heterocycles. The minimum Gasteiger partial charge on any atom is -0.481 e. The van der Waals surface area contributed by atoms with E-state index in [2.05, 4.69) is 5.32 Å². The zero-order valence-corrected chi connectivity index (χ0v) is 11.3. The molecule has 1 saturated carbocycles. The molecule has 1 amide bonds. The molecule has 0 heterocycles. The predicted octanol–water partition coefficient (Wildman–Crippen LogP) is 2.29. The molecule has 1 aromatic rings. The summed E-state index contributed by atoms with van der Waals surface area (Å²) in [4.78, 5) is 23.1. The number of nitrogens with one attached hydrogen (secondary N) is 1. The Balaban J connectivity index is 2.02. The summed E-state index contributed by atoms with van der Waals surface area (Å²) in [5.41, 5.74) is 2.74. The number of carbonyl (C=O) groups is 2. The summed E-state index contributed by atoms with van der Waals surface area (Å²) in [6, 6.07) is 5.63. The number of carboxylic acid groups (broad SMARTS) is 1. The third-order valence-corrected chi connectivity index (χ3v) is 3.97. The topological polar surface area (TPSA) is 66.4 Å². The smallest absolute Gasteiger partial charge is 0.306 e. The first-order valence-electron chi connectivity index (χ1n) is 6.59. The van der Waals surface area contributed by atoms with Crippen molar-refractivity contribution >= 4 is 11.9 Å². The number of hydrogen-bond donors (Lipinski definition) is 2. The number of hydrogen-bond acceptors (Lipinski definition) is 2. The van der Waals surface area contributed by atoms with Crippen LogP contribution in [-0.2, 0) is 4.79 Å². The minimum absolute atomic E-state index is 0.0199. The van der Waals surface area contributed by atoms with Crippen LogP contribution in [0.4, 0.5) is 0 Å². The van der Waals surface area contributed by atoms with Crippen LogP contribution >= 0.6 is 0 Å². The monoisotopic (exact) mass is 261 g/mol. The van der Waals surface area contributed by atoms with Crippen LogP contribution in [0.1, 0.15) is 40.7 Å². The van der Waals surface area contributed by atoms with Crippen LogP contribution in [0.2, 0.25) is 0 Å². The maximum Gasteiger partial charge on any atom is 0.306 e. The maximum absolute atomic E-state index is 12.2. The van der Waals surface area contributed by atoms with Crippen LogP contribution in [0.25, 0.3) is 0 Å². The summed E-state index contributed by atoms with van der Waals surface area (Å²) in [5, 5.41) is 11.9. The standard InChI is InChI=1S/C15H19NO3/c1-9-4-3-5-13(10(9)2)14(17)16-12-7-6-11(8-12)15(18)19/h3-5,11-12H,6-8H2,1-2H3,(H,16,17)(H,18,19)/t11-,12+/m0/s1. The molecule has 2 N–H and O–H groups in total. The van der Waals surface area contributed by atoms with Gasteiger partial charge in [-0.25, -0.2) is 0 Å². The normalized spacial score (nSPS) is 22.2. The summed E-state index contributed by atoms with van der Waals surface area (Å²) in [7, 11) is 0. The first-order chi connectivity index (χ1) is 8.99. The Morgan fingerprint density at radius 1 is 1.26 bits per heavy atom. The lowest BCUT2D eigenvalue weighted by molar-refractivity contribution is -0.141. The van der Waals surface area contributed by atoms with E-state index < -0.39 is 5.97 Å². The number of aryl methyl sites for hydroxylation is 1. The van der Waals surface area contributed by atoms with Gasteiger partial charge in [0.1, 0.15) is 0 Å². The molecule has 1 fully saturated rings. The lowest BCUT2D eigenvalue weighted by atomic mass is 10.0. The van der Waals surface area contributed by atoms with Crippen LogP contribution in [0.15, 0.2) is 18.2 Å². The first-order valence-corrected chi connectivity index (χ1v) is 6.59. The molecule has 0 aliphatic heterocycles. The van der Waals surface area contributed by atoms with Gasteiger partial charge in [0.2, 0.25) is 0 Å². The van der Waals surface area contributed by atoms with E-state index in [4.69, 9.17) is 5.11 Å². The molecule has 0 bridgehead atoms. The van der Waals surface area contributed by atoms with E-state index in [0.717, 1.165) is 17.5 Å².